The minimum absolute atomic E-state index is 0.0725. The number of aryl methyl sites for hydroxylation is 1. The maximum absolute atomic E-state index is 12.5. The summed E-state index contributed by atoms with van der Waals surface area (Å²) in [5.41, 5.74) is -2.78. The molecule has 10 heteroatoms. The molecule has 0 aliphatic carbocycles. The van der Waals surface area contributed by atoms with E-state index in [-0.39, 0.29) is 17.8 Å². The predicted molar refractivity (Wildman–Crippen MR) is 85.4 cm³/mol. The molecule has 0 fully saturated rings. The van der Waals surface area contributed by atoms with E-state index in [1.54, 1.807) is 13.0 Å². The minimum atomic E-state index is -4.50. The number of nitriles is 1. The number of halogens is 3. The lowest BCUT2D eigenvalue weighted by Gasteiger charge is -2.11. The van der Waals surface area contributed by atoms with Gasteiger partial charge in [-0.2, -0.15) is 18.4 Å². The number of carbonyl (C=O) groups is 1. The van der Waals surface area contributed by atoms with Crippen molar-refractivity contribution in [1.82, 2.24) is 9.13 Å². The van der Waals surface area contributed by atoms with E-state index < -0.39 is 35.4 Å². The van der Waals surface area contributed by atoms with Gasteiger partial charge in [0.25, 0.3) is 5.56 Å². The summed E-state index contributed by atoms with van der Waals surface area (Å²) in [4.78, 5) is 36.2. The van der Waals surface area contributed by atoms with Crippen molar-refractivity contribution >= 4 is 11.6 Å². The van der Waals surface area contributed by atoms with Crippen LogP contribution in [-0.2, 0) is 24.1 Å². The zero-order valence-corrected chi connectivity index (χ0v) is 13.5. The van der Waals surface area contributed by atoms with Crippen LogP contribution in [0.4, 0.5) is 18.9 Å². The molecule has 1 heterocycles. The summed E-state index contributed by atoms with van der Waals surface area (Å²) in [7, 11) is 0. The molecule has 0 saturated carbocycles. The van der Waals surface area contributed by atoms with Gasteiger partial charge in [-0.25, -0.2) is 9.36 Å². The number of carbonyl (C=O) groups excluding carboxylic acids is 1. The van der Waals surface area contributed by atoms with Crippen molar-refractivity contribution < 1.29 is 18.0 Å². The standard InChI is InChI=1S/C16H13F3N4O3/c1-2-22-8-10(7-20)14(25)23(15(22)26)9-13(24)21-12-5-3-11(4-6-12)16(17,18)19/h3-6,8H,2,9H2,1H3,(H,21,24). The molecule has 0 atom stereocenters. The number of rotatable bonds is 4. The number of nitrogens with one attached hydrogen (secondary N) is 1. The van der Waals surface area contributed by atoms with Crippen LogP contribution in [0.1, 0.15) is 18.1 Å². The average Bonchev–Trinajstić information content (AvgIpc) is 2.58. The Morgan fingerprint density at radius 1 is 1.23 bits per heavy atom. The third kappa shape index (κ3) is 4.00. The third-order valence-corrected chi connectivity index (χ3v) is 3.50. The quantitative estimate of drug-likeness (QED) is 0.888. The lowest BCUT2D eigenvalue weighted by Crippen LogP contribution is -2.43. The first-order valence-electron chi connectivity index (χ1n) is 7.39. The van der Waals surface area contributed by atoms with Gasteiger partial charge in [0.2, 0.25) is 5.91 Å². The zero-order chi connectivity index (χ0) is 19.5. The van der Waals surface area contributed by atoms with Crippen molar-refractivity contribution in [1.29, 1.82) is 5.26 Å². The van der Waals surface area contributed by atoms with E-state index in [2.05, 4.69) is 5.32 Å². The van der Waals surface area contributed by atoms with Gasteiger partial charge in [-0.05, 0) is 31.2 Å². The van der Waals surface area contributed by atoms with Gasteiger partial charge >= 0.3 is 11.9 Å². The number of nitrogens with zero attached hydrogens (tertiary/aromatic N) is 3. The van der Waals surface area contributed by atoms with Crippen LogP contribution in [0.25, 0.3) is 0 Å². The molecule has 1 aromatic heterocycles. The van der Waals surface area contributed by atoms with Crippen molar-refractivity contribution in [3.05, 3.63) is 62.4 Å². The van der Waals surface area contributed by atoms with Crippen LogP contribution in [-0.4, -0.2) is 15.0 Å². The van der Waals surface area contributed by atoms with E-state index >= 15 is 0 Å². The Kier molecular flexibility index (Phi) is 5.30. The maximum Gasteiger partial charge on any atom is 0.416 e. The van der Waals surface area contributed by atoms with E-state index in [0.717, 1.165) is 35.0 Å². The van der Waals surface area contributed by atoms with Gasteiger partial charge in [0.15, 0.2) is 0 Å². The third-order valence-electron chi connectivity index (χ3n) is 3.50. The first-order chi connectivity index (χ1) is 12.2. The van der Waals surface area contributed by atoms with Crippen LogP contribution in [0, 0.1) is 11.3 Å². The smallest absolute Gasteiger partial charge is 0.325 e. The van der Waals surface area contributed by atoms with Crippen LogP contribution >= 0.6 is 0 Å². The van der Waals surface area contributed by atoms with Gasteiger partial charge in [0.1, 0.15) is 18.2 Å². The van der Waals surface area contributed by atoms with E-state index in [9.17, 15) is 27.6 Å². The summed E-state index contributed by atoms with van der Waals surface area (Å²) in [6.07, 6.45) is -3.40. The molecule has 0 aliphatic rings. The molecule has 1 aromatic carbocycles. The monoisotopic (exact) mass is 366 g/mol. The van der Waals surface area contributed by atoms with Gasteiger partial charge in [0.05, 0.1) is 5.56 Å². The number of anilines is 1. The second-order valence-corrected chi connectivity index (χ2v) is 5.24. The second kappa shape index (κ2) is 7.26. The van der Waals surface area contributed by atoms with Crippen molar-refractivity contribution in [3.63, 3.8) is 0 Å². The lowest BCUT2D eigenvalue weighted by molar-refractivity contribution is -0.137. The molecule has 0 saturated heterocycles. The van der Waals surface area contributed by atoms with Gasteiger partial charge < -0.3 is 5.32 Å². The van der Waals surface area contributed by atoms with Crippen molar-refractivity contribution in [2.45, 2.75) is 26.2 Å². The van der Waals surface area contributed by atoms with Crippen molar-refractivity contribution in [2.75, 3.05) is 5.32 Å². The van der Waals surface area contributed by atoms with E-state index in [0.29, 0.717) is 4.57 Å². The highest BCUT2D eigenvalue weighted by Crippen LogP contribution is 2.29. The number of hydrogen-bond donors (Lipinski definition) is 1. The fourth-order valence-corrected chi connectivity index (χ4v) is 2.18. The molecule has 2 aromatic rings. The Labute approximate surface area is 144 Å². The number of amides is 1. The van der Waals surface area contributed by atoms with Crippen molar-refractivity contribution in [2.24, 2.45) is 0 Å². The highest BCUT2D eigenvalue weighted by molar-refractivity contribution is 5.90. The average molecular weight is 366 g/mol. The Balaban J connectivity index is 2.25. The molecular weight excluding hydrogens is 353 g/mol. The molecular formula is C16H13F3N4O3. The highest BCUT2D eigenvalue weighted by Gasteiger charge is 2.30. The lowest BCUT2D eigenvalue weighted by atomic mass is 10.2. The van der Waals surface area contributed by atoms with Crippen LogP contribution < -0.4 is 16.6 Å². The number of alkyl halides is 3. The molecule has 0 aliphatic heterocycles. The first-order valence-corrected chi connectivity index (χ1v) is 7.39. The fraction of sp³-hybridized carbons (Fsp3) is 0.250. The van der Waals surface area contributed by atoms with E-state index in [1.165, 1.54) is 0 Å². The Bertz CT molecular complexity index is 982. The second-order valence-electron chi connectivity index (χ2n) is 5.24. The molecule has 0 bridgehead atoms. The van der Waals surface area contributed by atoms with Crippen LogP contribution in [0.5, 0.6) is 0 Å². The van der Waals surface area contributed by atoms with Crippen LogP contribution in [0.15, 0.2) is 40.1 Å². The molecule has 0 unspecified atom stereocenters. The summed E-state index contributed by atoms with van der Waals surface area (Å²) in [6, 6.07) is 5.35. The largest absolute Gasteiger partial charge is 0.416 e. The molecule has 1 amide bonds. The number of benzene rings is 1. The van der Waals surface area contributed by atoms with Crippen molar-refractivity contribution in [3.8, 4) is 6.07 Å². The summed E-state index contributed by atoms with van der Waals surface area (Å²) in [5.74, 6) is -0.790. The summed E-state index contributed by atoms with van der Waals surface area (Å²) < 4.78 is 39.2. The molecule has 1 N–H and O–H groups in total. The van der Waals surface area contributed by atoms with E-state index in [1.807, 2.05) is 0 Å². The Morgan fingerprint density at radius 2 is 1.85 bits per heavy atom. The fourth-order valence-electron chi connectivity index (χ4n) is 2.18. The summed E-state index contributed by atoms with van der Waals surface area (Å²) >= 11 is 0. The summed E-state index contributed by atoms with van der Waals surface area (Å²) in [6.45, 7) is 1.14. The SMILES string of the molecule is CCn1cc(C#N)c(=O)n(CC(=O)Nc2ccc(C(F)(F)F)cc2)c1=O. The maximum atomic E-state index is 12.5. The molecule has 2 rings (SSSR count). The molecule has 7 nitrogen and oxygen atoms in total. The van der Waals surface area contributed by atoms with Gasteiger partial charge in [-0.1, -0.05) is 0 Å². The normalized spacial score (nSPS) is 11.0. The molecule has 26 heavy (non-hydrogen) atoms. The number of aromatic nitrogens is 2. The van der Waals surface area contributed by atoms with Gasteiger partial charge in [0, 0.05) is 18.4 Å². The summed E-state index contributed by atoms with van der Waals surface area (Å²) in [5, 5.41) is 11.2. The Morgan fingerprint density at radius 3 is 2.35 bits per heavy atom. The molecule has 0 spiro atoms. The molecule has 0 radical (unpaired) electrons. The minimum Gasteiger partial charge on any atom is -0.325 e. The van der Waals surface area contributed by atoms with E-state index in [4.69, 9.17) is 5.26 Å². The molecule has 136 valence electrons. The van der Waals surface area contributed by atoms with Gasteiger partial charge in [-0.3, -0.25) is 14.2 Å². The zero-order valence-electron chi connectivity index (χ0n) is 13.5. The topological polar surface area (TPSA) is 96.9 Å². The van der Waals surface area contributed by atoms with Crippen LogP contribution in [0.2, 0.25) is 0 Å². The Hall–Kier alpha value is -3.35. The predicted octanol–water partition coefficient (Wildman–Crippen LogP) is 1.56. The van der Waals surface area contributed by atoms with Gasteiger partial charge in [-0.15, -0.1) is 0 Å². The van der Waals surface area contributed by atoms with Crippen LogP contribution in [0.3, 0.4) is 0 Å². The number of hydrogen-bond acceptors (Lipinski definition) is 4. The first kappa shape index (κ1) is 19.0. The highest BCUT2D eigenvalue weighted by atomic mass is 19.4.